The standard InChI is InChI=1S/C16H26O3/c1-2-18-16(9-3-4-10-16)14(17)13-6-11-19-15(12-13)7-5-8-15/h13H,2-12H2,1H3. The Morgan fingerprint density at radius 3 is 2.53 bits per heavy atom. The summed E-state index contributed by atoms with van der Waals surface area (Å²) in [5.41, 5.74) is -0.383. The number of Topliss-reactive ketones (excluding diaryl/α,β-unsaturated/α-hetero) is 1. The van der Waals surface area contributed by atoms with Crippen molar-refractivity contribution in [3.05, 3.63) is 0 Å². The topological polar surface area (TPSA) is 35.5 Å². The van der Waals surface area contributed by atoms with E-state index >= 15 is 0 Å². The summed E-state index contributed by atoms with van der Waals surface area (Å²) >= 11 is 0. The molecule has 3 heteroatoms. The predicted octanol–water partition coefficient (Wildman–Crippen LogP) is 3.25. The molecule has 0 aromatic carbocycles. The van der Waals surface area contributed by atoms with E-state index in [-0.39, 0.29) is 11.5 Å². The van der Waals surface area contributed by atoms with Crippen molar-refractivity contribution >= 4 is 5.78 Å². The van der Waals surface area contributed by atoms with E-state index in [9.17, 15) is 4.79 Å². The third-order valence-corrected chi connectivity index (χ3v) is 5.41. The van der Waals surface area contributed by atoms with E-state index in [4.69, 9.17) is 9.47 Å². The Morgan fingerprint density at radius 1 is 1.21 bits per heavy atom. The molecule has 3 rings (SSSR count). The Balaban J connectivity index is 1.71. The third kappa shape index (κ3) is 2.36. The summed E-state index contributed by atoms with van der Waals surface area (Å²) in [6, 6.07) is 0. The fourth-order valence-electron chi connectivity index (χ4n) is 4.23. The summed E-state index contributed by atoms with van der Waals surface area (Å²) in [5.74, 6) is 0.570. The van der Waals surface area contributed by atoms with Crippen molar-refractivity contribution in [2.24, 2.45) is 5.92 Å². The lowest BCUT2D eigenvalue weighted by Gasteiger charge is -2.48. The zero-order chi connectivity index (χ0) is 13.3. The molecule has 0 aromatic heterocycles. The number of ether oxygens (including phenoxy) is 2. The lowest BCUT2D eigenvalue weighted by molar-refractivity contribution is -0.170. The van der Waals surface area contributed by atoms with Crippen LogP contribution in [0.2, 0.25) is 0 Å². The van der Waals surface area contributed by atoms with E-state index in [1.54, 1.807) is 0 Å². The van der Waals surface area contributed by atoms with E-state index in [1.165, 1.54) is 6.42 Å². The highest BCUT2D eigenvalue weighted by atomic mass is 16.5. The summed E-state index contributed by atoms with van der Waals surface area (Å²) in [5, 5.41) is 0. The van der Waals surface area contributed by atoms with Crippen molar-refractivity contribution in [2.75, 3.05) is 13.2 Å². The van der Waals surface area contributed by atoms with Crippen LogP contribution in [0.5, 0.6) is 0 Å². The maximum Gasteiger partial charge on any atom is 0.167 e. The summed E-state index contributed by atoms with van der Waals surface area (Å²) < 4.78 is 11.9. The number of hydrogen-bond donors (Lipinski definition) is 0. The van der Waals surface area contributed by atoms with E-state index in [1.807, 2.05) is 6.92 Å². The molecule has 19 heavy (non-hydrogen) atoms. The van der Waals surface area contributed by atoms with Crippen LogP contribution in [0.3, 0.4) is 0 Å². The zero-order valence-electron chi connectivity index (χ0n) is 12.1. The first-order valence-corrected chi connectivity index (χ1v) is 8.02. The molecule has 1 atom stereocenters. The highest BCUT2D eigenvalue weighted by molar-refractivity contribution is 5.90. The van der Waals surface area contributed by atoms with Gasteiger partial charge in [0.25, 0.3) is 0 Å². The van der Waals surface area contributed by atoms with Gasteiger partial charge in [-0.1, -0.05) is 0 Å². The molecule has 1 heterocycles. The van der Waals surface area contributed by atoms with Gasteiger partial charge in [0.15, 0.2) is 5.78 Å². The molecule has 3 nitrogen and oxygen atoms in total. The molecule has 0 aromatic rings. The van der Waals surface area contributed by atoms with E-state index in [0.29, 0.717) is 12.4 Å². The van der Waals surface area contributed by atoms with Crippen LogP contribution in [0, 0.1) is 5.92 Å². The minimum atomic E-state index is -0.443. The minimum Gasteiger partial charge on any atom is -0.375 e. The van der Waals surface area contributed by atoms with Gasteiger partial charge in [0.05, 0.1) is 5.60 Å². The van der Waals surface area contributed by atoms with E-state index in [0.717, 1.165) is 58.0 Å². The molecule has 0 radical (unpaired) electrons. The Kier molecular flexibility index (Phi) is 3.69. The normalized spacial score (nSPS) is 32.2. The molecular formula is C16H26O3. The summed E-state index contributed by atoms with van der Waals surface area (Å²) in [7, 11) is 0. The molecule has 3 fully saturated rings. The molecule has 1 unspecified atom stereocenters. The smallest absolute Gasteiger partial charge is 0.167 e. The fourth-order valence-corrected chi connectivity index (χ4v) is 4.23. The number of ketones is 1. The van der Waals surface area contributed by atoms with Crippen LogP contribution < -0.4 is 0 Å². The maximum absolute atomic E-state index is 13.0. The summed E-state index contributed by atoms with van der Waals surface area (Å²) in [4.78, 5) is 13.0. The molecular weight excluding hydrogens is 240 g/mol. The van der Waals surface area contributed by atoms with E-state index in [2.05, 4.69) is 0 Å². The maximum atomic E-state index is 13.0. The van der Waals surface area contributed by atoms with Crippen LogP contribution in [0.4, 0.5) is 0 Å². The van der Waals surface area contributed by atoms with Gasteiger partial charge < -0.3 is 9.47 Å². The predicted molar refractivity (Wildman–Crippen MR) is 73.1 cm³/mol. The van der Waals surface area contributed by atoms with Crippen molar-refractivity contribution < 1.29 is 14.3 Å². The second kappa shape index (κ2) is 5.17. The van der Waals surface area contributed by atoms with Gasteiger partial charge in [0.1, 0.15) is 5.60 Å². The van der Waals surface area contributed by atoms with Crippen molar-refractivity contribution in [1.29, 1.82) is 0 Å². The Morgan fingerprint density at radius 2 is 1.95 bits per heavy atom. The molecule has 0 N–H and O–H groups in total. The highest BCUT2D eigenvalue weighted by Gasteiger charge is 2.50. The first kappa shape index (κ1) is 13.6. The largest absolute Gasteiger partial charge is 0.375 e. The van der Waals surface area contributed by atoms with E-state index < -0.39 is 5.60 Å². The van der Waals surface area contributed by atoms with Crippen LogP contribution in [0.25, 0.3) is 0 Å². The van der Waals surface area contributed by atoms with Gasteiger partial charge in [-0.15, -0.1) is 0 Å². The SMILES string of the molecule is CCOC1(C(=O)C2CCOC3(CCC3)C2)CCCC1. The van der Waals surface area contributed by atoms with Crippen LogP contribution in [-0.4, -0.2) is 30.2 Å². The number of rotatable bonds is 4. The Labute approximate surface area is 116 Å². The molecule has 3 aliphatic rings. The number of carbonyl (C=O) groups excluding carboxylic acids is 1. The molecule has 1 aliphatic heterocycles. The zero-order valence-corrected chi connectivity index (χ0v) is 12.1. The highest BCUT2D eigenvalue weighted by Crippen LogP contribution is 2.47. The number of hydrogen-bond acceptors (Lipinski definition) is 3. The van der Waals surface area contributed by atoms with Crippen LogP contribution >= 0.6 is 0 Å². The first-order valence-electron chi connectivity index (χ1n) is 8.02. The van der Waals surface area contributed by atoms with Gasteiger partial charge in [-0.3, -0.25) is 4.79 Å². The van der Waals surface area contributed by atoms with Crippen molar-refractivity contribution in [3.63, 3.8) is 0 Å². The van der Waals surface area contributed by atoms with Crippen molar-refractivity contribution in [1.82, 2.24) is 0 Å². The van der Waals surface area contributed by atoms with Crippen LogP contribution in [0.1, 0.15) is 64.7 Å². The molecule has 108 valence electrons. The number of carbonyl (C=O) groups is 1. The average Bonchev–Trinajstić information content (AvgIpc) is 2.86. The molecule has 1 saturated heterocycles. The van der Waals surface area contributed by atoms with Gasteiger partial charge in [0, 0.05) is 19.1 Å². The molecule has 1 spiro atoms. The van der Waals surface area contributed by atoms with Gasteiger partial charge in [-0.2, -0.15) is 0 Å². The first-order chi connectivity index (χ1) is 9.20. The average molecular weight is 266 g/mol. The van der Waals surface area contributed by atoms with Gasteiger partial charge >= 0.3 is 0 Å². The fraction of sp³-hybridized carbons (Fsp3) is 0.938. The van der Waals surface area contributed by atoms with Crippen LogP contribution in [0.15, 0.2) is 0 Å². The Hall–Kier alpha value is -0.410. The van der Waals surface area contributed by atoms with Gasteiger partial charge in [-0.25, -0.2) is 0 Å². The molecule has 2 saturated carbocycles. The van der Waals surface area contributed by atoms with Crippen molar-refractivity contribution in [3.8, 4) is 0 Å². The van der Waals surface area contributed by atoms with Gasteiger partial charge in [-0.05, 0) is 64.7 Å². The van der Waals surface area contributed by atoms with Crippen LogP contribution in [-0.2, 0) is 14.3 Å². The molecule has 0 amide bonds. The quantitative estimate of drug-likeness (QED) is 0.783. The summed E-state index contributed by atoms with van der Waals surface area (Å²) in [6.07, 6.45) is 9.55. The lowest BCUT2D eigenvalue weighted by atomic mass is 9.69. The minimum absolute atomic E-state index is 0.0601. The monoisotopic (exact) mass is 266 g/mol. The molecule has 2 aliphatic carbocycles. The molecule has 0 bridgehead atoms. The second-order valence-corrected chi connectivity index (χ2v) is 6.57. The van der Waals surface area contributed by atoms with Crippen molar-refractivity contribution in [2.45, 2.75) is 75.9 Å². The lowest BCUT2D eigenvalue weighted by Crippen LogP contribution is -2.51. The summed E-state index contributed by atoms with van der Waals surface area (Å²) in [6.45, 7) is 3.42. The van der Waals surface area contributed by atoms with Gasteiger partial charge in [0.2, 0.25) is 0 Å². The third-order valence-electron chi connectivity index (χ3n) is 5.41. The Bertz CT molecular complexity index is 340. The second-order valence-electron chi connectivity index (χ2n) is 6.57.